The minimum Gasteiger partial charge on any atom is -0.348 e. The number of nitrogens with one attached hydrogen (secondary N) is 1. The fourth-order valence-electron chi connectivity index (χ4n) is 3.57. The molecule has 0 bridgehead atoms. The number of carbonyl (C=O) groups excluding carboxylic acids is 1. The maximum atomic E-state index is 12.7. The van der Waals surface area contributed by atoms with Crippen LogP contribution in [0.1, 0.15) is 34.2 Å². The van der Waals surface area contributed by atoms with Crippen LogP contribution in [0.2, 0.25) is 0 Å². The highest BCUT2D eigenvalue weighted by Gasteiger charge is 2.12. The smallest absolute Gasteiger partial charge is 0.251 e. The Labute approximate surface area is 184 Å². The average molecular weight is 432 g/mol. The number of amides is 1. The molecule has 1 aromatic heterocycles. The first-order chi connectivity index (χ1) is 15.0. The molecule has 1 atom stereocenters. The van der Waals surface area contributed by atoms with Crippen molar-refractivity contribution in [2.75, 3.05) is 5.75 Å². The molecule has 4 rings (SSSR count). The summed E-state index contributed by atoms with van der Waals surface area (Å²) in [6.45, 7) is 5.04. The minimum absolute atomic E-state index is 0.140. The second-order valence-corrected chi connectivity index (χ2v) is 9.13. The van der Waals surface area contributed by atoms with Gasteiger partial charge in [-0.1, -0.05) is 49.4 Å². The summed E-state index contributed by atoms with van der Waals surface area (Å²) in [5.74, 6) is 1.37. The Hall–Kier alpha value is -3.25. The Kier molecular flexibility index (Phi) is 6.28. The molecule has 4 aromatic rings. The molecule has 0 aliphatic carbocycles. The summed E-state index contributed by atoms with van der Waals surface area (Å²) in [7, 11) is -0.964. The monoisotopic (exact) mass is 431 g/mol. The SMILES string of the molecule is CCS(=O)c1ccc(CNC(=O)c2ccc3c(c2)nc(C)n3Cc2ccccc2)cc1. The molecule has 0 aliphatic rings. The van der Waals surface area contributed by atoms with Gasteiger partial charge in [-0.2, -0.15) is 0 Å². The largest absolute Gasteiger partial charge is 0.348 e. The first kappa shape index (κ1) is 21.0. The van der Waals surface area contributed by atoms with Crippen LogP contribution in [0.5, 0.6) is 0 Å². The third-order valence-electron chi connectivity index (χ3n) is 5.29. The zero-order valence-electron chi connectivity index (χ0n) is 17.7. The van der Waals surface area contributed by atoms with E-state index >= 15 is 0 Å². The van der Waals surface area contributed by atoms with Crippen molar-refractivity contribution in [2.24, 2.45) is 0 Å². The number of aromatic nitrogens is 2. The van der Waals surface area contributed by atoms with Crippen LogP contribution in [0.4, 0.5) is 0 Å². The molecule has 1 amide bonds. The molecule has 158 valence electrons. The molecule has 31 heavy (non-hydrogen) atoms. The van der Waals surface area contributed by atoms with Crippen molar-refractivity contribution in [1.82, 2.24) is 14.9 Å². The van der Waals surface area contributed by atoms with Gasteiger partial charge in [-0.05, 0) is 48.4 Å². The number of nitrogens with zero attached hydrogens (tertiary/aromatic N) is 2. The third kappa shape index (κ3) is 4.75. The van der Waals surface area contributed by atoms with Crippen LogP contribution >= 0.6 is 0 Å². The Balaban J connectivity index is 1.47. The number of carbonyl (C=O) groups is 1. The second-order valence-electron chi connectivity index (χ2n) is 7.40. The highest BCUT2D eigenvalue weighted by molar-refractivity contribution is 7.85. The first-order valence-electron chi connectivity index (χ1n) is 10.3. The molecule has 0 saturated heterocycles. The van der Waals surface area contributed by atoms with Gasteiger partial charge in [-0.15, -0.1) is 0 Å². The molecule has 0 spiro atoms. The van der Waals surface area contributed by atoms with E-state index in [4.69, 9.17) is 0 Å². The molecule has 0 fully saturated rings. The molecule has 6 heteroatoms. The van der Waals surface area contributed by atoms with Crippen LogP contribution in [0.25, 0.3) is 11.0 Å². The molecular weight excluding hydrogens is 406 g/mol. The van der Waals surface area contributed by atoms with E-state index in [0.717, 1.165) is 33.9 Å². The highest BCUT2D eigenvalue weighted by atomic mass is 32.2. The molecule has 0 saturated carbocycles. The number of hydrogen-bond donors (Lipinski definition) is 1. The maximum absolute atomic E-state index is 12.7. The van der Waals surface area contributed by atoms with Gasteiger partial charge < -0.3 is 9.88 Å². The third-order valence-corrected chi connectivity index (χ3v) is 6.61. The lowest BCUT2D eigenvalue weighted by molar-refractivity contribution is 0.0951. The fraction of sp³-hybridized carbons (Fsp3) is 0.200. The van der Waals surface area contributed by atoms with Crippen molar-refractivity contribution in [3.63, 3.8) is 0 Å². The predicted octanol–water partition coefficient (Wildman–Crippen LogP) is 4.45. The van der Waals surface area contributed by atoms with Gasteiger partial charge in [-0.25, -0.2) is 4.98 Å². The number of rotatable bonds is 7. The minimum atomic E-state index is -0.964. The van der Waals surface area contributed by atoms with E-state index in [-0.39, 0.29) is 5.91 Å². The van der Waals surface area contributed by atoms with Crippen molar-refractivity contribution >= 4 is 27.7 Å². The van der Waals surface area contributed by atoms with Gasteiger partial charge in [0.15, 0.2) is 0 Å². The molecule has 0 aliphatic heterocycles. The molecule has 3 aromatic carbocycles. The summed E-state index contributed by atoms with van der Waals surface area (Å²) in [5, 5.41) is 2.95. The lowest BCUT2D eigenvalue weighted by atomic mass is 10.1. The van der Waals surface area contributed by atoms with Crippen molar-refractivity contribution in [2.45, 2.75) is 31.8 Å². The molecule has 0 radical (unpaired) electrons. The van der Waals surface area contributed by atoms with Crippen molar-refractivity contribution in [1.29, 1.82) is 0 Å². The number of fused-ring (bicyclic) bond motifs is 1. The molecule has 1 unspecified atom stereocenters. The zero-order valence-corrected chi connectivity index (χ0v) is 18.5. The summed E-state index contributed by atoms with van der Waals surface area (Å²) in [5.41, 5.74) is 4.58. The quantitative estimate of drug-likeness (QED) is 0.470. The average Bonchev–Trinajstić information content (AvgIpc) is 3.12. The van der Waals surface area contributed by atoms with Gasteiger partial charge in [0.1, 0.15) is 5.82 Å². The van der Waals surface area contributed by atoms with E-state index < -0.39 is 10.8 Å². The van der Waals surface area contributed by atoms with Crippen LogP contribution in [-0.2, 0) is 23.9 Å². The Morgan fingerprint density at radius 2 is 1.74 bits per heavy atom. The van der Waals surface area contributed by atoms with Crippen molar-refractivity contribution in [3.8, 4) is 0 Å². The first-order valence-corrected chi connectivity index (χ1v) is 11.6. The normalized spacial score (nSPS) is 12.1. The number of benzene rings is 3. The van der Waals surface area contributed by atoms with Crippen LogP contribution in [0, 0.1) is 6.92 Å². The number of hydrogen-bond acceptors (Lipinski definition) is 3. The van der Waals surface area contributed by atoms with Gasteiger partial charge in [0, 0.05) is 29.3 Å². The van der Waals surface area contributed by atoms with E-state index in [1.54, 1.807) is 0 Å². The Morgan fingerprint density at radius 1 is 1.00 bits per heavy atom. The molecule has 5 nitrogen and oxygen atoms in total. The fourth-order valence-corrected chi connectivity index (χ4v) is 4.34. The molecule has 1 N–H and O–H groups in total. The topological polar surface area (TPSA) is 64.0 Å². The van der Waals surface area contributed by atoms with Crippen LogP contribution in [0.15, 0.2) is 77.7 Å². The standard InChI is InChI=1S/C25H25N3O2S/c1-3-31(30)22-12-9-19(10-13-22)16-26-25(29)21-11-14-24-23(15-21)27-18(2)28(24)17-20-7-5-4-6-8-20/h4-15H,3,16-17H2,1-2H3,(H,26,29). The van der Waals surface area contributed by atoms with Crippen molar-refractivity contribution < 1.29 is 9.00 Å². The summed E-state index contributed by atoms with van der Waals surface area (Å²) in [4.78, 5) is 18.1. The van der Waals surface area contributed by atoms with E-state index in [0.29, 0.717) is 17.9 Å². The van der Waals surface area contributed by atoms with Crippen LogP contribution < -0.4 is 5.32 Å². The van der Waals surface area contributed by atoms with Gasteiger partial charge in [-0.3, -0.25) is 9.00 Å². The van der Waals surface area contributed by atoms with Gasteiger partial charge in [0.05, 0.1) is 21.8 Å². The van der Waals surface area contributed by atoms with Crippen LogP contribution in [-0.4, -0.2) is 25.4 Å². The van der Waals surface area contributed by atoms with E-state index in [2.05, 4.69) is 27.0 Å². The van der Waals surface area contributed by atoms with Gasteiger partial charge in [0.2, 0.25) is 0 Å². The summed E-state index contributed by atoms with van der Waals surface area (Å²) < 4.78 is 14.0. The predicted molar refractivity (Wildman–Crippen MR) is 125 cm³/mol. The van der Waals surface area contributed by atoms with Gasteiger partial charge >= 0.3 is 0 Å². The van der Waals surface area contributed by atoms with E-state index in [1.807, 2.05) is 74.5 Å². The summed E-state index contributed by atoms with van der Waals surface area (Å²) in [6.07, 6.45) is 0. The highest BCUT2D eigenvalue weighted by Crippen LogP contribution is 2.19. The van der Waals surface area contributed by atoms with Crippen molar-refractivity contribution in [3.05, 3.63) is 95.3 Å². The molecule has 1 heterocycles. The maximum Gasteiger partial charge on any atom is 0.251 e. The lowest BCUT2D eigenvalue weighted by Crippen LogP contribution is -2.22. The number of imidazole rings is 1. The van der Waals surface area contributed by atoms with Gasteiger partial charge in [0.25, 0.3) is 5.91 Å². The Morgan fingerprint density at radius 3 is 2.45 bits per heavy atom. The zero-order chi connectivity index (χ0) is 21.8. The van der Waals surface area contributed by atoms with E-state index in [9.17, 15) is 9.00 Å². The summed E-state index contributed by atoms with van der Waals surface area (Å²) in [6, 6.07) is 23.4. The summed E-state index contributed by atoms with van der Waals surface area (Å²) >= 11 is 0. The second kappa shape index (κ2) is 9.27. The number of aryl methyl sites for hydroxylation is 1. The van der Waals surface area contributed by atoms with E-state index in [1.165, 1.54) is 5.56 Å². The van der Waals surface area contributed by atoms with Crippen LogP contribution in [0.3, 0.4) is 0 Å². The molecular formula is C25H25N3O2S. The lowest BCUT2D eigenvalue weighted by Gasteiger charge is -2.08. The Bertz CT molecular complexity index is 1230.